The van der Waals surface area contributed by atoms with Crippen LogP contribution >= 0.6 is 91.8 Å². The molecule has 0 aliphatic heterocycles. The molecule has 66 valence electrons. The molecule has 2 unspecified atom stereocenters. The highest BCUT2D eigenvalue weighted by atomic mass is 127. The van der Waals surface area contributed by atoms with E-state index in [-0.39, 0.29) is 47.4 Å². The zero-order chi connectivity index (χ0) is 6.00. The fourth-order valence-electron chi connectivity index (χ4n) is 0. The molecule has 0 amide bonds. The van der Waals surface area contributed by atoms with Gasteiger partial charge in [0.1, 0.15) is 0 Å². The first-order valence-electron chi connectivity index (χ1n) is 1.40. The molecule has 0 N–H and O–H groups in total. The van der Waals surface area contributed by atoms with E-state index in [1.54, 1.807) is 6.26 Å². The van der Waals surface area contributed by atoms with Crippen molar-refractivity contribution in [3.8, 4) is 0 Å². The molecule has 9 heavy (non-hydrogen) atoms. The van der Waals surface area contributed by atoms with Gasteiger partial charge in [-0.3, -0.25) is 0 Å². The van der Waals surface area contributed by atoms with Crippen LogP contribution in [0.15, 0.2) is 0 Å². The minimum absolute atomic E-state index is 0. The van der Waals surface area contributed by atoms with E-state index in [0.717, 1.165) is 0 Å². The summed E-state index contributed by atoms with van der Waals surface area (Å²) in [5.74, 6) is 0. The Morgan fingerprint density at radius 1 is 1.11 bits per heavy atom. The van der Waals surface area contributed by atoms with Gasteiger partial charge in [0.25, 0.3) is 0 Å². The van der Waals surface area contributed by atoms with E-state index >= 15 is 0 Å². The molecule has 0 aromatic carbocycles. The number of halogens is 2. The molecular formula is C3H18I2P2S2. The predicted molar refractivity (Wildman–Crippen MR) is 87.4 cm³/mol. The minimum atomic E-state index is 0. The van der Waals surface area contributed by atoms with Gasteiger partial charge >= 0.3 is 0 Å². The van der Waals surface area contributed by atoms with Crippen molar-refractivity contribution in [1.29, 1.82) is 0 Å². The standard InChI is InChI=1S/CH3I.CH5P.CH4S.HI.H3P.H2S/c3*1-2;;;/h1H3;2H2,1H3;2H,1H3;1H;1H3;1H2. The summed E-state index contributed by atoms with van der Waals surface area (Å²) in [6, 6.07) is 0. The quantitative estimate of drug-likeness (QED) is 0.258. The van der Waals surface area contributed by atoms with E-state index in [1.807, 2.05) is 11.6 Å². The number of hydrogen-bond acceptors (Lipinski definition) is 1. The zero-order valence-corrected chi connectivity index (χ0v) is 15.0. The fourth-order valence-corrected chi connectivity index (χ4v) is 0. The molecule has 0 fully saturated rings. The van der Waals surface area contributed by atoms with Crippen LogP contribution in [0.3, 0.4) is 0 Å². The summed E-state index contributed by atoms with van der Waals surface area (Å²) in [5, 5.41) is 0. The van der Waals surface area contributed by atoms with Gasteiger partial charge in [0.2, 0.25) is 0 Å². The average molecular weight is 434 g/mol. The van der Waals surface area contributed by atoms with E-state index < -0.39 is 0 Å². The summed E-state index contributed by atoms with van der Waals surface area (Å²) in [7, 11) is 2.42. The molecule has 0 rings (SSSR count). The summed E-state index contributed by atoms with van der Waals surface area (Å²) >= 11 is 5.68. The van der Waals surface area contributed by atoms with E-state index in [2.05, 4.69) is 44.5 Å². The van der Waals surface area contributed by atoms with Gasteiger partial charge in [-0.1, -0.05) is 29.3 Å². The maximum absolute atomic E-state index is 3.53. The largest absolute Gasteiger partial charge is 0.197 e. The Morgan fingerprint density at radius 3 is 1.11 bits per heavy atom. The van der Waals surface area contributed by atoms with Gasteiger partial charge in [-0.05, 0) is 11.2 Å². The second kappa shape index (κ2) is 121. The molecule has 0 saturated heterocycles. The SMILES string of the molecule is CI.CP.CS.I.P.S. The van der Waals surface area contributed by atoms with Crippen molar-refractivity contribution in [2.75, 3.05) is 17.9 Å². The second-order valence-electron chi connectivity index (χ2n) is 0. The molecule has 0 bridgehead atoms. The van der Waals surface area contributed by atoms with E-state index in [4.69, 9.17) is 0 Å². The van der Waals surface area contributed by atoms with E-state index in [9.17, 15) is 0 Å². The third kappa shape index (κ3) is 98.3. The van der Waals surface area contributed by atoms with Crippen LogP contribution in [-0.2, 0) is 0 Å². The predicted octanol–water partition coefficient (Wildman–Crippen LogP) is 2.88. The molecule has 0 saturated carbocycles. The maximum Gasteiger partial charge on any atom is -0.0121 e. The first-order valence-corrected chi connectivity index (χ1v) is 5.61. The van der Waals surface area contributed by atoms with E-state index in [1.165, 1.54) is 0 Å². The topological polar surface area (TPSA) is 0 Å². The van der Waals surface area contributed by atoms with Crippen molar-refractivity contribution < 1.29 is 0 Å². The number of hydrogen-bond donors (Lipinski definition) is 1. The summed E-state index contributed by atoms with van der Waals surface area (Å²) < 4.78 is 0. The molecule has 0 aliphatic carbocycles. The Kier molecular flexibility index (Phi) is 543. The normalized spacial score (nSPS) is 2.00. The highest BCUT2D eigenvalue weighted by Gasteiger charge is 0.950. The molecule has 0 aliphatic rings. The molecule has 0 spiro atoms. The third-order valence-corrected chi connectivity index (χ3v) is 0. The van der Waals surface area contributed by atoms with Crippen LogP contribution in [0.25, 0.3) is 0 Å². The van der Waals surface area contributed by atoms with Crippen molar-refractivity contribution in [2.45, 2.75) is 0 Å². The lowest BCUT2D eigenvalue weighted by Gasteiger charge is -1.11. The first kappa shape index (κ1) is 40.3. The zero-order valence-electron chi connectivity index (χ0n) is 6.02. The Balaban J connectivity index is -0.00000000321. The molecule has 0 nitrogen and oxygen atoms in total. The minimum Gasteiger partial charge on any atom is -0.197 e. The third-order valence-electron chi connectivity index (χ3n) is 0. The van der Waals surface area contributed by atoms with Gasteiger partial charge in [-0.2, -0.15) is 36.0 Å². The average Bonchev–Trinajstić information content (AvgIpc) is 1.81. The molecule has 0 radical (unpaired) electrons. The van der Waals surface area contributed by atoms with Crippen molar-refractivity contribution in [2.24, 2.45) is 0 Å². The van der Waals surface area contributed by atoms with Crippen LogP contribution in [0.5, 0.6) is 0 Å². The van der Waals surface area contributed by atoms with Crippen molar-refractivity contribution in [3.05, 3.63) is 0 Å². The molecule has 6 heteroatoms. The van der Waals surface area contributed by atoms with Crippen LogP contribution in [0, 0.1) is 0 Å². The molecular weight excluding hydrogens is 416 g/mol. The summed E-state index contributed by atoms with van der Waals surface area (Å²) in [5.41, 5.74) is 0. The Bertz CT molecular complexity index is 17.8. The second-order valence-corrected chi connectivity index (χ2v) is 0. The van der Waals surface area contributed by atoms with Crippen LogP contribution in [0.2, 0.25) is 0 Å². The Hall–Kier alpha value is 3.02. The van der Waals surface area contributed by atoms with Crippen LogP contribution in [0.4, 0.5) is 0 Å². The van der Waals surface area contributed by atoms with Gasteiger partial charge in [0.05, 0.1) is 0 Å². The van der Waals surface area contributed by atoms with Crippen molar-refractivity contribution in [1.82, 2.24) is 0 Å². The van der Waals surface area contributed by atoms with Gasteiger partial charge in [-0.15, -0.1) is 33.2 Å². The van der Waals surface area contributed by atoms with E-state index in [0.29, 0.717) is 0 Å². The lowest BCUT2D eigenvalue weighted by atomic mass is 12.0. The maximum atomic E-state index is 3.53. The Morgan fingerprint density at radius 2 is 1.11 bits per heavy atom. The summed E-state index contributed by atoms with van der Waals surface area (Å²) in [6.45, 7) is 1.92. The van der Waals surface area contributed by atoms with Gasteiger partial charge in [-0.25, -0.2) is 0 Å². The van der Waals surface area contributed by atoms with Gasteiger partial charge < -0.3 is 0 Å². The highest BCUT2D eigenvalue weighted by Crippen LogP contribution is 1.48. The monoisotopic (exact) mass is 434 g/mol. The summed E-state index contributed by atoms with van der Waals surface area (Å²) in [6.07, 6.45) is 1.69. The number of thiol groups is 1. The highest BCUT2D eigenvalue weighted by molar-refractivity contribution is 14.1. The lowest BCUT2D eigenvalue weighted by Crippen LogP contribution is -0.865. The molecule has 0 aromatic rings. The first-order chi connectivity index (χ1) is 3.00. The fraction of sp³-hybridized carbons (Fsp3) is 1.00. The van der Waals surface area contributed by atoms with Crippen molar-refractivity contribution in [3.63, 3.8) is 0 Å². The summed E-state index contributed by atoms with van der Waals surface area (Å²) in [4.78, 5) is 1.97. The van der Waals surface area contributed by atoms with Crippen LogP contribution in [-0.4, -0.2) is 17.9 Å². The molecule has 2 atom stereocenters. The Labute approximate surface area is 108 Å². The van der Waals surface area contributed by atoms with Crippen molar-refractivity contribution >= 4 is 91.8 Å². The molecule has 0 heterocycles. The smallest absolute Gasteiger partial charge is 0.0121 e. The lowest BCUT2D eigenvalue weighted by molar-refractivity contribution is 2.53. The van der Waals surface area contributed by atoms with Crippen LogP contribution < -0.4 is 0 Å². The number of alkyl halides is 1. The van der Waals surface area contributed by atoms with Crippen LogP contribution in [0.1, 0.15) is 0 Å². The number of rotatable bonds is 0. The molecule has 0 aromatic heterocycles. The van der Waals surface area contributed by atoms with Gasteiger partial charge in [0.15, 0.2) is 0 Å². The van der Waals surface area contributed by atoms with Gasteiger partial charge in [0, 0.05) is 0 Å².